The maximum absolute atomic E-state index is 13.2. The van der Waals surface area contributed by atoms with E-state index in [2.05, 4.69) is 15.9 Å². The van der Waals surface area contributed by atoms with E-state index in [0.29, 0.717) is 10.4 Å². The first-order valence-electron chi connectivity index (χ1n) is 4.32. The van der Waals surface area contributed by atoms with Gasteiger partial charge >= 0.3 is 0 Å². The third-order valence-electron chi connectivity index (χ3n) is 2.01. The Morgan fingerprint density at radius 2 is 2.12 bits per heavy atom. The molecule has 1 aromatic heterocycles. The van der Waals surface area contributed by atoms with Crippen LogP contribution >= 0.6 is 38.9 Å². The fraction of sp³-hybridized carbons (Fsp3) is 0. The van der Waals surface area contributed by atoms with Crippen LogP contribution in [0.4, 0.5) is 4.39 Å². The molecule has 0 saturated carbocycles. The summed E-state index contributed by atoms with van der Waals surface area (Å²) in [6.07, 6.45) is 0. The molecule has 0 unspecified atom stereocenters. The average Bonchev–Trinajstić information content (AvgIpc) is 2.67. The van der Waals surface area contributed by atoms with E-state index in [-0.39, 0.29) is 10.8 Å². The Balaban J connectivity index is 2.42. The summed E-state index contributed by atoms with van der Waals surface area (Å²) in [4.78, 5) is 12.5. The number of hydrogen-bond donors (Lipinski definition) is 0. The monoisotopic (exact) mass is 318 g/mol. The molecule has 2 aromatic rings. The van der Waals surface area contributed by atoms with Crippen LogP contribution in [0.5, 0.6) is 0 Å². The molecule has 5 heteroatoms. The van der Waals surface area contributed by atoms with Gasteiger partial charge in [0.2, 0.25) is 5.78 Å². The minimum atomic E-state index is -0.583. The topological polar surface area (TPSA) is 17.1 Å². The molecule has 2 rings (SSSR count). The summed E-state index contributed by atoms with van der Waals surface area (Å²) in [5.41, 5.74) is 0.296. The van der Waals surface area contributed by atoms with Crippen molar-refractivity contribution in [3.05, 3.63) is 55.4 Å². The van der Waals surface area contributed by atoms with Gasteiger partial charge in [-0.05, 0) is 45.6 Å². The van der Waals surface area contributed by atoms with E-state index in [9.17, 15) is 9.18 Å². The molecule has 0 N–H and O–H groups in total. The predicted octanol–water partition coefficient (Wildman–Crippen LogP) is 4.53. The molecule has 16 heavy (non-hydrogen) atoms. The second kappa shape index (κ2) is 4.65. The highest BCUT2D eigenvalue weighted by molar-refractivity contribution is 9.10. The molecule has 1 nitrogen and oxygen atoms in total. The van der Waals surface area contributed by atoms with Crippen molar-refractivity contribution in [1.29, 1.82) is 0 Å². The van der Waals surface area contributed by atoms with Gasteiger partial charge in [0.05, 0.1) is 9.90 Å². The van der Waals surface area contributed by atoms with Crippen LogP contribution in [0.15, 0.2) is 34.1 Å². The molecule has 0 saturated heterocycles. The van der Waals surface area contributed by atoms with Gasteiger partial charge in [-0.1, -0.05) is 11.6 Å². The predicted molar refractivity (Wildman–Crippen MR) is 66.9 cm³/mol. The van der Waals surface area contributed by atoms with E-state index in [1.165, 1.54) is 23.5 Å². The normalized spacial score (nSPS) is 10.4. The van der Waals surface area contributed by atoms with E-state index >= 15 is 0 Å². The van der Waals surface area contributed by atoms with Crippen molar-refractivity contribution in [2.45, 2.75) is 0 Å². The van der Waals surface area contributed by atoms with Gasteiger partial charge in [-0.2, -0.15) is 0 Å². The van der Waals surface area contributed by atoms with E-state index in [4.69, 9.17) is 11.6 Å². The van der Waals surface area contributed by atoms with Gasteiger partial charge in [0, 0.05) is 10.0 Å². The van der Waals surface area contributed by atoms with E-state index in [1.54, 1.807) is 11.4 Å². The number of hydrogen-bond acceptors (Lipinski definition) is 2. The quantitative estimate of drug-likeness (QED) is 0.743. The number of rotatable bonds is 2. The van der Waals surface area contributed by atoms with Crippen LogP contribution in [0.2, 0.25) is 5.02 Å². The van der Waals surface area contributed by atoms with Gasteiger partial charge in [0.1, 0.15) is 5.82 Å². The second-order valence-electron chi connectivity index (χ2n) is 3.06. The van der Waals surface area contributed by atoms with E-state index in [1.807, 2.05) is 0 Å². The standard InChI is InChI=1S/C11H5BrClFOS/c12-7-3-4-16-11(7)10(15)6-1-2-8(13)9(14)5-6/h1-5H. The van der Waals surface area contributed by atoms with Crippen LogP contribution in [0.3, 0.4) is 0 Å². The molecular weight excluding hydrogens is 315 g/mol. The van der Waals surface area contributed by atoms with Crippen molar-refractivity contribution >= 4 is 44.7 Å². The molecule has 0 atom stereocenters. The highest BCUT2D eigenvalue weighted by Crippen LogP contribution is 2.26. The smallest absolute Gasteiger partial charge is 0.204 e. The Bertz CT molecular complexity index is 553. The molecule has 0 bridgehead atoms. The van der Waals surface area contributed by atoms with Crippen molar-refractivity contribution < 1.29 is 9.18 Å². The average molecular weight is 320 g/mol. The SMILES string of the molecule is O=C(c1ccc(Cl)c(F)c1)c1sccc1Br. The number of thiophene rings is 1. The Morgan fingerprint density at radius 1 is 1.38 bits per heavy atom. The van der Waals surface area contributed by atoms with Gasteiger partial charge < -0.3 is 0 Å². The lowest BCUT2D eigenvalue weighted by Gasteiger charge is -2.00. The molecule has 0 aliphatic carbocycles. The first-order chi connectivity index (χ1) is 7.59. The zero-order chi connectivity index (χ0) is 11.7. The molecule has 1 aromatic carbocycles. The summed E-state index contributed by atoms with van der Waals surface area (Å²) >= 11 is 10.1. The van der Waals surface area contributed by atoms with Crippen molar-refractivity contribution in [3.8, 4) is 0 Å². The second-order valence-corrected chi connectivity index (χ2v) is 5.23. The molecule has 0 aliphatic heterocycles. The summed E-state index contributed by atoms with van der Waals surface area (Å²) in [5.74, 6) is -0.794. The van der Waals surface area contributed by atoms with Crippen molar-refractivity contribution in [2.75, 3.05) is 0 Å². The molecule has 0 fully saturated rings. The number of halogens is 3. The highest BCUT2D eigenvalue weighted by atomic mass is 79.9. The van der Waals surface area contributed by atoms with Gasteiger partial charge in [-0.15, -0.1) is 11.3 Å². The Labute approximate surface area is 109 Å². The molecule has 0 radical (unpaired) electrons. The lowest BCUT2D eigenvalue weighted by atomic mass is 10.1. The molecule has 0 spiro atoms. The largest absolute Gasteiger partial charge is 0.288 e. The molecule has 82 valence electrons. The maximum atomic E-state index is 13.2. The summed E-state index contributed by atoms with van der Waals surface area (Å²) < 4.78 is 13.9. The Kier molecular flexibility index (Phi) is 3.42. The van der Waals surface area contributed by atoms with Crippen molar-refractivity contribution in [2.24, 2.45) is 0 Å². The van der Waals surface area contributed by atoms with Crippen LogP contribution in [-0.2, 0) is 0 Å². The van der Waals surface area contributed by atoms with Gasteiger partial charge in [0.15, 0.2) is 0 Å². The highest BCUT2D eigenvalue weighted by Gasteiger charge is 2.15. The first-order valence-corrected chi connectivity index (χ1v) is 6.37. The zero-order valence-electron chi connectivity index (χ0n) is 7.84. The lowest BCUT2D eigenvalue weighted by molar-refractivity contribution is 0.104. The number of carbonyl (C=O) groups excluding carboxylic acids is 1. The fourth-order valence-electron chi connectivity index (χ4n) is 1.22. The number of benzene rings is 1. The van der Waals surface area contributed by atoms with Crippen LogP contribution in [0, 0.1) is 5.82 Å². The Morgan fingerprint density at radius 3 is 2.69 bits per heavy atom. The molecule has 1 heterocycles. The summed E-state index contributed by atoms with van der Waals surface area (Å²) in [5, 5.41) is 1.81. The fourth-order valence-corrected chi connectivity index (χ4v) is 2.86. The summed E-state index contributed by atoms with van der Waals surface area (Å²) in [6, 6.07) is 5.83. The maximum Gasteiger partial charge on any atom is 0.204 e. The van der Waals surface area contributed by atoms with Gasteiger partial charge in [-0.25, -0.2) is 4.39 Å². The lowest BCUT2D eigenvalue weighted by Crippen LogP contribution is -2.00. The van der Waals surface area contributed by atoms with Gasteiger partial charge in [-0.3, -0.25) is 4.79 Å². The van der Waals surface area contributed by atoms with Crippen LogP contribution in [-0.4, -0.2) is 5.78 Å². The van der Waals surface area contributed by atoms with Crippen LogP contribution < -0.4 is 0 Å². The molecule has 0 amide bonds. The molecule has 0 aliphatic rings. The first kappa shape index (κ1) is 11.8. The Hall–Kier alpha value is -0.710. The van der Waals surface area contributed by atoms with Crippen LogP contribution in [0.1, 0.15) is 15.2 Å². The van der Waals surface area contributed by atoms with Crippen LogP contribution in [0.25, 0.3) is 0 Å². The third-order valence-corrected chi connectivity index (χ3v) is 4.15. The van der Waals surface area contributed by atoms with Gasteiger partial charge in [0.25, 0.3) is 0 Å². The minimum Gasteiger partial charge on any atom is -0.288 e. The minimum absolute atomic E-state index is 0.0156. The van der Waals surface area contributed by atoms with E-state index in [0.717, 1.165) is 10.5 Å². The number of ketones is 1. The number of carbonyl (C=O) groups is 1. The zero-order valence-corrected chi connectivity index (χ0v) is 11.0. The third kappa shape index (κ3) is 2.19. The van der Waals surface area contributed by atoms with Crippen molar-refractivity contribution in [1.82, 2.24) is 0 Å². The van der Waals surface area contributed by atoms with E-state index < -0.39 is 5.82 Å². The summed E-state index contributed by atoms with van der Waals surface area (Å²) in [7, 11) is 0. The van der Waals surface area contributed by atoms with Crippen molar-refractivity contribution in [3.63, 3.8) is 0 Å². The molecular formula is C11H5BrClFOS. The summed E-state index contributed by atoms with van der Waals surface area (Å²) in [6.45, 7) is 0.